The monoisotopic (exact) mass is 169 g/mol. The lowest BCUT2D eigenvalue weighted by molar-refractivity contribution is -0.0783. The van der Waals surface area contributed by atoms with Crippen LogP contribution in [-0.4, -0.2) is 18.2 Å². The summed E-state index contributed by atoms with van der Waals surface area (Å²) in [6, 6.07) is 0.209. The van der Waals surface area contributed by atoms with Crippen LogP contribution in [0.25, 0.3) is 0 Å². The van der Waals surface area contributed by atoms with E-state index in [1.807, 2.05) is 13.0 Å². The summed E-state index contributed by atoms with van der Waals surface area (Å²) in [6.45, 7) is 7.96. The quantitative estimate of drug-likeness (QED) is 0.639. The number of hydrogen-bond donors (Lipinski definition) is 1. The van der Waals surface area contributed by atoms with Gasteiger partial charge in [-0.1, -0.05) is 13.0 Å². The minimum Gasteiger partial charge on any atom is -0.373 e. The van der Waals surface area contributed by atoms with Gasteiger partial charge in [-0.15, -0.1) is 6.58 Å². The Morgan fingerprint density at radius 1 is 1.58 bits per heavy atom. The molecule has 2 N–H and O–H groups in total. The highest BCUT2D eigenvalue weighted by atomic mass is 16.5. The van der Waals surface area contributed by atoms with Crippen molar-refractivity contribution in [3.63, 3.8) is 0 Å². The molecule has 1 saturated heterocycles. The number of rotatable bonds is 2. The Bertz CT molecular complexity index is 158. The van der Waals surface area contributed by atoms with Gasteiger partial charge in [0.25, 0.3) is 0 Å². The highest BCUT2D eigenvalue weighted by Crippen LogP contribution is 2.25. The maximum Gasteiger partial charge on any atom is 0.0702 e. The van der Waals surface area contributed by atoms with E-state index in [1.54, 1.807) is 0 Å². The van der Waals surface area contributed by atoms with Crippen molar-refractivity contribution in [3.8, 4) is 0 Å². The molecule has 0 saturated carbocycles. The van der Waals surface area contributed by atoms with Gasteiger partial charge in [0.1, 0.15) is 0 Å². The molecule has 12 heavy (non-hydrogen) atoms. The smallest absolute Gasteiger partial charge is 0.0702 e. The lowest BCUT2D eigenvalue weighted by Gasteiger charge is -2.37. The Kier molecular flexibility index (Phi) is 3.29. The summed E-state index contributed by atoms with van der Waals surface area (Å²) in [5, 5.41) is 0. The van der Waals surface area contributed by atoms with Crippen molar-refractivity contribution in [2.75, 3.05) is 0 Å². The average Bonchev–Trinajstić information content (AvgIpc) is 2.01. The summed E-state index contributed by atoms with van der Waals surface area (Å²) in [5.41, 5.74) is 5.88. The van der Waals surface area contributed by atoms with Crippen LogP contribution in [0.4, 0.5) is 0 Å². The second-order valence-corrected chi connectivity index (χ2v) is 3.78. The topological polar surface area (TPSA) is 35.2 Å². The minimum absolute atomic E-state index is 0.200. The van der Waals surface area contributed by atoms with Crippen molar-refractivity contribution >= 4 is 0 Å². The summed E-state index contributed by atoms with van der Waals surface area (Å²) in [4.78, 5) is 0. The first-order chi connectivity index (χ1) is 5.65. The molecule has 0 aromatic rings. The summed E-state index contributed by atoms with van der Waals surface area (Å²) in [5.74, 6) is 0.564. The molecular weight excluding hydrogens is 150 g/mol. The van der Waals surface area contributed by atoms with Crippen LogP contribution in [0.1, 0.15) is 26.7 Å². The largest absolute Gasteiger partial charge is 0.373 e. The molecule has 1 heterocycles. The third kappa shape index (κ3) is 2.08. The first kappa shape index (κ1) is 9.75. The number of ether oxygens (including phenoxy) is 1. The zero-order valence-corrected chi connectivity index (χ0v) is 7.99. The maximum absolute atomic E-state index is 5.88. The molecule has 1 fully saturated rings. The van der Waals surface area contributed by atoms with Crippen molar-refractivity contribution in [1.82, 2.24) is 0 Å². The predicted molar refractivity (Wildman–Crippen MR) is 50.9 cm³/mol. The Morgan fingerprint density at radius 2 is 2.25 bits per heavy atom. The standard InChI is InChI=1S/C10H19NO/c1-4-5-10-7(2)6-9(11)8(3)12-10/h4,7-10H,1,5-6,11H2,2-3H3. The molecule has 2 nitrogen and oxygen atoms in total. The molecule has 0 bridgehead atoms. The van der Waals surface area contributed by atoms with E-state index in [0.29, 0.717) is 12.0 Å². The van der Waals surface area contributed by atoms with Gasteiger partial charge in [0, 0.05) is 6.04 Å². The molecule has 2 heteroatoms. The van der Waals surface area contributed by atoms with Crippen LogP contribution in [0.5, 0.6) is 0 Å². The van der Waals surface area contributed by atoms with Gasteiger partial charge in [0.15, 0.2) is 0 Å². The molecular formula is C10H19NO. The molecule has 0 radical (unpaired) electrons. The summed E-state index contributed by atoms with van der Waals surface area (Å²) >= 11 is 0. The van der Waals surface area contributed by atoms with E-state index in [1.165, 1.54) is 0 Å². The first-order valence-electron chi connectivity index (χ1n) is 4.67. The van der Waals surface area contributed by atoms with Crippen LogP contribution >= 0.6 is 0 Å². The molecule has 1 aliphatic rings. The van der Waals surface area contributed by atoms with Gasteiger partial charge in [-0.2, -0.15) is 0 Å². The zero-order chi connectivity index (χ0) is 9.14. The van der Waals surface area contributed by atoms with E-state index in [4.69, 9.17) is 10.5 Å². The van der Waals surface area contributed by atoms with Crippen LogP contribution < -0.4 is 5.73 Å². The average molecular weight is 169 g/mol. The van der Waals surface area contributed by atoms with Crippen molar-refractivity contribution < 1.29 is 4.74 Å². The molecule has 0 amide bonds. The third-order valence-corrected chi connectivity index (χ3v) is 2.67. The van der Waals surface area contributed by atoms with Crippen molar-refractivity contribution in [2.45, 2.75) is 44.9 Å². The predicted octanol–water partition coefficient (Wildman–Crippen LogP) is 1.70. The second kappa shape index (κ2) is 4.06. The van der Waals surface area contributed by atoms with Gasteiger partial charge < -0.3 is 10.5 Å². The first-order valence-corrected chi connectivity index (χ1v) is 4.67. The van der Waals surface area contributed by atoms with Gasteiger partial charge in [0.05, 0.1) is 12.2 Å². The highest BCUT2D eigenvalue weighted by molar-refractivity contribution is 4.86. The molecule has 0 aromatic heterocycles. The summed E-state index contributed by atoms with van der Waals surface area (Å²) < 4.78 is 5.75. The van der Waals surface area contributed by atoms with Crippen LogP contribution in [0.15, 0.2) is 12.7 Å². The van der Waals surface area contributed by atoms with Crippen molar-refractivity contribution in [3.05, 3.63) is 12.7 Å². The zero-order valence-electron chi connectivity index (χ0n) is 7.99. The van der Waals surface area contributed by atoms with E-state index in [0.717, 1.165) is 12.8 Å². The summed E-state index contributed by atoms with van der Waals surface area (Å²) in [6.07, 6.45) is 4.46. The summed E-state index contributed by atoms with van der Waals surface area (Å²) in [7, 11) is 0. The fraction of sp³-hybridized carbons (Fsp3) is 0.800. The maximum atomic E-state index is 5.88. The van der Waals surface area contributed by atoms with Gasteiger partial charge in [-0.25, -0.2) is 0 Å². The van der Waals surface area contributed by atoms with Gasteiger partial charge in [0.2, 0.25) is 0 Å². The lowest BCUT2D eigenvalue weighted by Crippen LogP contribution is -2.46. The Morgan fingerprint density at radius 3 is 2.83 bits per heavy atom. The molecule has 70 valence electrons. The molecule has 1 rings (SSSR count). The number of hydrogen-bond acceptors (Lipinski definition) is 2. The lowest BCUT2D eigenvalue weighted by atomic mass is 9.89. The third-order valence-electron chi connectivity index (χ3n) is 2.67. The van der Waals surface area contributed by atoms with E-state index < -0.39 is 0 Å². The molecule has 4 unspecified atom stereocenters. The molecule has 0 aromatic carbocycles. The van der Waals surface area contributed by atoms with Crippen LogP contribution in [0.3, 0.4) is 0 Å². The van der Waals surface area contributed by atoms with Gasteiger partial charge in [-0.05, 0) is 25.7 Å². The van der Waals surface area contributed by atoms with E-state index in [-0.39, 0.29) is 12.1 Å². The van der Waals surface area contributed by atoms with E-state index in [9.17, 15) is 0 Å². The Hall–Kier alpha value is -0.340. The SMILES string of the molecule is C=CCC1OC(C)C(N)CC1C. The molecule has 0 aliphatic carbocycles. The molecule has 1 aliphatic heterocycles. The fourth-order valence-corrected chi connectivity index (χ4v) is 1.74. The van der Waals surface area contributed by atoms with Gasteiger partial charge in [-0.3, -0.25) is 0 Å². The van der Waals surface area contributed by atoms with Crippen molar-refractivity contribution in [1.29, 1.82) is 0 Å². The van der Waals surface area contributed by atoms with E-state index >= 15 is 0 Å². The minimum atomic E-state index is 0.200. The fourth-order valence-electron chi connectivity index (χ4n) is 1.74. The van der Waals surface area contributed by atoms with Crippen LogP contribution in [0, 0.1) is 5.92 Å². The van der Waals surface area contributed by atoms with Crippen LogP contribution in [-0.2, 0) is 4.74 Å². The normalized spacial score (nSPS) is 42.6. The molecule has 4 atom stereocenters. The van der Waals surface area contributed by atoms with E-state index in [2.05, 4.69) is 13.5 Å². The van der Waals surface area contributed by atoms with Crippen molar-refractivity contribution in [2.24, 2.45) is 11.7 Å². The Balaban J connectivity index is 2.49. The van der Waals surface area contributed by atoms with Crippen LogP contribution in [0.2, 0.25) is 0 Å². The Labute approximate surface area is 74.8 Å². The highest BCUT2D eigenvalue weighted by Gasteiger charge is 2.30. The second-order valence-electron chi connectivity index (χ2n) is 3.78. The van der Waals surface area contributed by atoms with Gasteiger partial charge >= 0.3 is 0 Å². The molecule has 0 spiro atoms. The number of nitrogens with two attached hydrogens (primary N) is 1.